The van der Waals surface area contributed by atoms with Gasteiger partial charge in [-0.15, -0.1) is 0 Å². The third-order valence-corrected chi connectivity index (χ3v) is 1.77. The topological polar surface area (TPSA) is 29.1 Å². The second-order valence-electron chi connectivity index (χ2n) is 2.70. The van der Waals surface area contributed by atoms with Crippen molar-refractivity contribution in [2.24, 2.45) is 5.92 Å². The highest BCUT2D eigenvalue weighted by atomic mass is 16.1. The van der Waals surface area contributed by atoms with Crippen molar-refractivity contribution in [3.63, 3.8) is 0 Å². The summed E-state index contributed by atoms with van der Waals surface area (Å²) in [4.78, 5) is 10.3. The summed E-state index contributed by atoms with van der Waals surface area (Å²) in [6.07, 6.45) is 7.93. The maximum atomic E-state index is 10.3. The fourth-order valence-electron chi connectivity index (χ4n) is 1.12. The third kappa shape index (κ3) is 2.31. The SMILES string of the molecule is CNCC1=CCC(C=O)C=C1. The Morgan fingerprint density at radius 1 is 1.82 bits per heavy atom. The van der Waals surface area contributed by atoms with Crippen molar-refractivity contribution in [3.05, 3.63) is 23.8 Å². The summed E-state index contributed by atoms with van der Waals surface area (Å²) in [5, 5.41) is 3.06. The maximum absolute atomic E-state index is 10.3. The van der Waals surface area contributed by atoms with Crippen LogP contribution in [-0.2, 0) is 4.79 Å². The van der Waals surface area contributed by atoms with Crippen LogP contribution in [0.25, 0.3) is 0 Å². The zero-order valence-electron chi connectivity index (χ0n) is 6.71. The number of nitrogens with one attached hydrogen (secondary N) is 1. The van der Waals surface area contributed by atoms with Crippen molar-refractivity contribution in [2.75, 3.05) is 13.6 Å². The summed E-state index contributed by atoms with van der Waals surface area (Å²) in [5.41, 5.74) is 1.27. The largest absolute Gasteiger partial charge is 0.316 e. The smallest absolute Gasteiger partial charge is 0.127 e. The van der Waals surface area contributed by atoms with Gasteiger partial charge in [0.1, 0.15) is 6.29 Å². The highest BCUT2D eigenvalue weighted by molar-refractivity contribution is 5.58. The van der Waals surface area contributed by atoms with Crippen LogP contribution in [0.4, 0.5) is 0 Å². The van der Waals surface area contributed by atoms with E-state index < -0.39 is 0 Å². The fraction of sp³-hybridized carbons (Fsp3) is 0.444. The number of carbonyl (C=O) groups excluding carboxylic acids is 1. The Kier molecular flexibility index (Phi) is 3.05. The van der Waals surface area contributed by atoms with E-state index in [0.29, 0.717) is 0 Å². The summed E-state index contributed by atoms with van der Waals surface area (Å²) in [5.74, 6) is 0.107. The number of rotatable bonds is 3. The van der Waals surface area contributed by atoms with Crippen LogP contribution in [-0.4, -0.2) is 19.9 Å². The van der Waals surface area contributed by atoms with Gasteiger partial charge in [-0.25, -0.2) is 0 Å². The average molecular weight is 151 g/mol. The Morgan fingerprint density at radius 2 is 2.64 bits per heavy atom. The minimum atomic E-state index is 0.107. The van der Waals surface area contributed by atoms with Gasteiger partial charge in [0.05, 0.1) is 0 Å². The number of hydrogen-bond donors (Lipinski definition) is 1. The van der Waals surface area contributed by atoms with E-state index in [0.717, 1.165) is 19.3 Å². The maximum Gasteiger partial charge on any atom is 0.127 e. The van der Waals surface area contributed by atoms with Gasteiger partial charge in [-0.1, -0.05) is 18.2 Å². The van der Waals surface area contributed by atoms with Gasteiger partial charge in [-0.3, -0.25) is 0 Å². The van der Waals surface area contributed by atoms with Crippen LogP contribution in [0.2, 0.25) is 0 Å². The molecule has 0 fully saturated rings. The van der Waals surface area contributed by atoms with E-state index in [2.05, 4.69) is 11.4 Å². The average Bonchev–Trinajstić information content (AvgIpc) is 2.07. The van der Waals surface area contributed by atoms with E-state index in [9.17, 15) is 4.79 Å². The normalized spacial score (nSPS) is 23.0. The second kappa shape index (κ2) is 4.09. The number of allylic oxidation sites excluding steroid dienone is 2. The molecule has 0 aromatic rings. The molecule has 1 N–H and O–H groups in total. The molecule has 1 aliphatic rings. The fourth-order valence-corrected chi connectivity index (χ4v) is 1.12. The van der Waals surface area contributed by atoms with Crippen LogP contribution in [0.3, 0.4) is 0 Å². The van der Waals surface area contributed by atoms with Gasteiger partial charge in [0.15, 0.2) is 0 Å². The molecule has 0 radical (unpaired) electrons. The van der Waals surface area contributed by atoms with Gasteiger partial charge in [0.2, 0.25) is 0 Å². The lowest BCUT2D eigenvalue weighted by Gasteiger charge is -2.09. The van der Waals surface area contributed by atoms with Crippen molar-refractivity contribution in [3.8, 4) is 0 Å². The van der Waals surface area contributed by atoms with Crippen molar-refractivity contribution in [1.29, 1.82) is 0 Å². The van der Waals surface area contributed by atoms with Crippen molar-refractivity contribution < 1.29 is 4.79 Å². The highest BCUT2D eigenvalue weighted by Crippen LogP contribution is 2.13. The molecule has 0 amide bonds. The van der Waals surface area contributed by atoms with Crippen LogP contribution in [0.15, 0.2) is 23.8 Å². The number of carbonyl (C=O) groups is 1. The lowest BCUT2D eigenvalue weighted by Crippen LogP contribution is -2.12. The summed E-state index contributed by atoms with van der Waals surface area (Å²) < 4.78 is 0. The third-order valence-electron chi connectivity index (χ3n) is 1.77. The molecule has 0 saturated carbocycles. The molecule has 60 valence electrons. The number of hydrogen-bond acceptors (Lipinski definition) is 2. The molecule has 11 heavy (non-hydrogen) atoms. The van der Waals surface area contributed by atoms with Crippen LogP contribution in [0.5, 0.6) is 0 Å². The molecule has 0 aliphatic heterocycles. The summed E-state index contributed by atoms with van der Waals surface area (Å²) in [7, 11) is 1.92. The van der Waals surface area contributed by atoms with E-state index in [-0.39, 0.29) is 5.92 Å². The highest BCUT2D eigenvalue weighted by Gasteiger charge is 2.05. The Balaban J connectivity index is 2.45. The number of aldehydes is 1. The molecule has 2 nitrogen and oxygen atoms in total. The second-order valence-corrected chi connectivity index (χ2v) is 2.70. The molecule has 1 unspecified atom stereocenters. The molecular formula is C9H13NO. The lowest BCUT2D eigenvalue weighted by molar-refractivity contribution is -0.109. The Hall–Kier alpha value is -0.890. The van der Waals surface area contributed by atoms with E-state index in [1.165, 1.54) is 5.57 Å². The molecule has 0 saturated heterocycles. The zero-order chi connectivity index (χ0) is 8.10. The Bertz CT molecular complexity index is 194. The van der Waals surface area contributed by atoms with Crippen LogP contribution >= 0.6 is 0 Å². The molecule has 2 heteroatoms. The predicted octanol–water partition coefficient (Wildman–Crippen LogP) is 0.907. The van der Waals surface area contributed by atoms with Crippen molar-refractivity contribution in [1.82, 2.24) is 5.32 Å². The van der Waals surface area contributed by atoms with E-state index in [1.807, 2.05) is 19.2 Å². The minimum Gasteiger partial charge on any atom is -0.316 e. The first kappa shape index (κ1) is 8.21. The molecule has 0 bridgehead atoms. The van der Waals surface area contributed by atoms with E-state index >= 15 is 0 Å². The van der Waals surface area contributed by atoms with Gasteiger partial charge in [0, 0.05) is 12.5 Å². The molecule has 1 aliphatic carbocycles. The standard InChI is InChI=1S/C9H13NO/c1-10-6-8-2-4-9(7-11)5-3-8/h2-4,7,9-10H,5-6H2,1H3. The van der Waals surface area contributed by atoms with Crippen molar-refractivity contribution >= 4 is 6.29 Å². The zero-order valence-corrected chi connectivity index (χ0v) is 6.71. The molecule has 0 heterocycles. The quantitative estimate of drug-likeness (QED) is 0.607. The molecule has 1 rings (SSSR count). The van der Waals surface area contributed by atoms with Crippen LogP contribution < -0.4 is 5.32 Å². The van der Waals surface area contributed by atoms with Gasteiger partial charge < -0.3 is 10.1 Å². The predicted molar refractivity (Wildman–Crippen MR) is 45.3 cm³/mol. The van der Waals surface area contributed by atoms with Gasteiger partial charge in [-0.2, -0.15) is 0 Å². The molecule has 0 spiro atoms. The minimum absolute atomic E-state index is 0.107. The summed E-state index contributed by atoms with van der Waals surface area (Å²) >= 11 is 0. The lowest BCUT2D eigenvalue weighted by atomic mass is 9.98. The molecular weight excluding hydrogens is 138 g/mol. The monoisotopic (exact) mass is 151 g/mol. The molecule has 0 aromatic heterocycles. The summed E-state index contributed by atoms with van der Waals surface area (Å²) in [6.45, 7) is 0.891. The first-order chi connectivity index (χ1) is 5.36. The Labute approximate surface area is 67.0 Å². The van der Waals surface area contributed by atoms with Gasteiger partial charge >= 0.3 is 0 Å². The first-order valence-electron chi connectivity index (χ1n) is 3.84. The summed E-state index contributed by atoms with van der Waals surface area (Å²) in [6, 6.07) is 0. The molecule has 0 aromatic carbocycles. The van der Waals surface area contributed by atoms with Crippen molar-refractivity contribution in [2.45, 2.75) is 6.42 Å². The first-order valence-corrected chi connectivity index (χ1v) is 3.84. The van der Waals surface area contributed by atoms with E-state index in [1.54, 1.807) is 0 Å². The van der Waals surface area contributed by atoms with Gasteiger partial charge in [-0.05, 0) is 19.0 Å². The van der Waals surface area contributed by atoms with Gasteiger partial charge in [0.25, 0.3) is 0 Å². The van der Waals surface area contributed by atoms with E-state index in [4.69, 9.17) is 0 Å². The van der Waals surface area contributed by atoms with Crippen LogP contribution in [0.1, 0.15) is 6.42 Å². The number of likely N-dealkylation sites (N-methyl/N-ethyl adjacent to an activating group) is 1. The van der Waals surface area contributed by atoms with Crippen LogP contribution in [0, 0.1) is 5.92 Å². The Morgan fingerprint density at radius 3 is 3.09 bits per heavy atom. The molecule has 1 atom stereocenters.